The van der Waals surface area contributed by atoms with Crippen molar-refractivity contribution in [1.82, 2.24) is 0 Å². The molecule has 0 fully saturated rings. The van der Waals surface area contributed by atoms with E-state index in [4.69, 9.17) is 9.47 Å². The van der Waals surface area contributed by atoms with Crippen LogP contribution in [0.15, 0.2) is 18.2 Å². The number of esters is 2. The highest BCUT2D eigenvalue weighted by Crippen LogP contribution is 2.24. The van der Waals surface area contributed by atoms with Gasteiger partial charge in [-0.25, -0.2) is 0 Å². The van der Waals surface area contributed by atoms with Gasteiger partial charge in [0.1, 0.15) is 11.5 Å². The summed E-state index contributed by atoms with van der Waals surface area (Å²) in [5, 5.41) is 0. The third-order valence-corrected chi connectivity index (χ3v) is 3.96. The monoisotopic (exact) mass is 348 g/mol. The second-order valence-corrected chi connectivity index (χ2v) is 6.55. The highest BCUT2D eigenvalue weighted by molar-refractivity contribution is 5.74. The van der Waals surface area contributed by atoms with Crippen LogP contribution in [0, 0.1) is 6.92 Å². The molecule has 0 aliphatic heterocycles. The molecule has 4 nitrogen and oxygen atoms in total. The molecule has 0 unspecified atom stereocenters. The van der Waals surface area contributed by atoms with Crippen molar-refractivity contribution in [2.45, 2.75) is 85.0 Å². The van der Waals surface area contributed by atoms with Crippen molar-refractivity contribution in [2.24, 2.45) is 0 Å². The molecule has 0 amide bonds. The van der Waals surface area contributed by atoms with Gasteiger partial charge in [0.25, 0.3) is 0 Å². The van der Waals surface area contributed by atoms with Crippen molar-refractivity contribution >= 4 is 11.9 Å². The molecule has 0 radical (unpaired) electrons. The van der Waals surface area contributed by atoms with Crippen molar-refractivity contribution in [3.8, 4) is 11.5 Å². The van der Waals surface area contributed by atoms with Crippen molar-refractivity contribution in [3.63, 3.8) is 0 Å². The number of hydrogen-bond acceptors (Lipinski definition) is 4. The summed E-state index contributed by atoms with van der Waals surface area (Å²) in [5.74, 6) is 0.403. The summed E-state index contributed by atoms with van der Waals surface area (Å²) in [5.41, 5.74) is 0.894. The van der Waals surface area contributed by atoms with Crippen molar-refractivity contribution < 1.29 is 19.1 Å². The summed E-state index contributed by atoms with van der Waals surface area (Å²) in [7, 11) is 0. The first-order valence-corrected chi connectivity index (χ1v) is 9.58. The smallest absolute Gasteiger partial charge is 0.311 e. The van der Waals surface area contributed by atoms with Crippen LogP contribution in [0.3, 0.4) is 0 Å². The summed E-state index contributed by atoms with van der Waals surface area (Å²) < 4.78 is 10.8. The molecule has 0 spiro atoms. The van der Waals surface area contributed by atoms with Crippen LogP contribution in [0.4, 0.5) is 0 Å². The largest absolute Gasteiger partial charge is 0.426 e. The normalized spacial score (nSPS) is 10.5. The molecule has 0 saturated heterocycles. The molecular formula is C21H32O4. The molecule has 0 atom stereocenters. The van der Waals surface area contributed by atoms with E-state index in [9.17, 15) is 9.59 Å². The Morgan fingerprint density at radius 2 is 1.16 bits per heavy atom. The molecule has 0 heterocycles. The van der Waals surface area contributed by atoms with E-state index in [2.05, 4.69) is 13.8 Å². The Bertz CT molecular complexity index is 492. The molecule has 0 aliphatic carbocycles. The number of unbranched alkanes of at least 4 members (excludes halogenated alkanes) is 6. The maximum Gasteiger partial charge on any atom is 0.311 e. The molecule has 0 bridgehead atoms. The lowest BCUT2D eigenvalue weighted by Crippen LogP contribution is -2.10. The Balaban J connectivity index is 2.49. The fourth-order valence-electron chi connectivity index (χ4n) is 2.59. The van der Waals surface area contributed by atoms with Crippen LogP contribution in [0.2, 0.25) is 0 Å². The van der Waals surface area contributed by atoms with Gasteiger partial charge in [-0.15, -0.1) is 0 Å². The van der Waals surface area contributed by atoms with Crippen LogP contribution in [-0.2, 0) is 9.59 Å². The first kappa shape index (κ1) is 21.2. The lowest BCUT2D eigenvalue weighted by molar-refractivity contribution is -0.135. The fraction of sp³-hybridized carbons (Fsp3) is 0.619. The van der Waals surface area contributed by atoms with Crippen LogP contribution >= 0.6 is 0 Å². The number of hydrogen-bond donors (Lipinski definition) is 0. The summed E-state index contributed by atoms with van der Waals surface area (Å²) in [6, 6.07) is 5.17. The minimum absolute atomic E-state index is 0.237. The van der Waals surface area contributed by atoms with E-state index in [0.29, 0.717) is 24.3 Å². The van der Waals surface area contributed by atoms with Gasteiger partial charge in [0.2, 0.25) is 0 Å². The number of carbonyl (C=O) groups excluding carboxylic acids is 2. The first-order valence-electron chi connectivity index (χ1n) is 9.58. The van der Waals surface area contributed by atoms with E-state index < -0.39 is 0 Å². The first-order chi connectivity index (χ1) is 12.0. The lowest BCUT2D eigenvalue weighted by Gasteiger charge is -2.09. The van der Waals surface area contributed by atoms with Gasteiger partial charge in [0, 0.05) is 18.9 Å². The van der Waals surface area contributed by atoms with Crippen LogP contribution in [-0.4, -0.2) is 11.9 Å². The van der Waals surface area contributed by atoms with Crippen molar-refractivity contribution in [2.75, 3.05) is 0 Å². The maximum absolute atomic E-state index is 11.9. The van der Waals surface area contributed by atoms with Gasteiger partial charge in [0.15, 0.2) is 0 Å². The lowest BCUT2D eigenvalue weighted by atomic mass is 10.1. The average molecular weight is 348 g/mol. The van der Waals surface area contributed by atoms with Gasteiger partial charge in [-0.05, 0) is 37.5 Å². The second kappa shape index (κ2) is 12.5. The Morgan fingerprint density at radius 1 is 0.720 bits per heavy atom. The molecule has 140 valence electrons. The third kappa shape index (κ3) is 9.90. The van der Waals surface area contributed by atoms with Crippen molar-refractivity contribution in [3.05, 3.63) is 23.8 Å². The minimum Gasteiger partial charge on any atom is -0.426 e. The molecule has 1 aromatic carbocycles. The molecule has 0 N–H and O–H groups in total. The molecule has 0 saturated carbocycles. The van der Waals surface area contributed by atoms with Gasteiger partial charge >= 0.3 is 11.9 Å². The van der Waals surface area contributed by atoms with Gasteiger partial charge in [-0.3, -0.25) is 9.59 Å². The van der Waals surface area contributed by atoms with Gasteiger partial charge in [-0.1, -0.05) is 52.4 Å². The Hall–Kier alpha value is -1.84. The minimum atomic E-state index is -0.237. The van der Waals surface area contributed by atoms with Crippen molar-refractivity contribution in [1.29, 1.82) is 0 Å². The van der Waals surface area contributed by atoms with Gasteiger partial charge in [-0.2, -0.15) is 0 Å². The quantitative estimate of drug-likeness (QED) is 0.274. The zero-order chi connectivity index (χ0) is 18.5. The second-order valence-electron chi connectivity index (χ2n) is 6.55. The molecule has 1 aromatic rings. The van der Waals surface area contributed by atoms with Crippen LogP contribution < -0.4 is 9.47 Å². The van der Waals surface area contributed by atoms with E-state index in [-0.39, 0.29) is 11.9 Å². The molecule has 0 aliphatic rings. The molecular weight excluding hydrogens is 316 g/mol. The van der Waals surface area contributed by atoms with E-state index in [1.165, 1.54) is 0 Å². The van der Waals surface area contributed by atoms with Crippen LogP contribution in [0.25, 0.3) is 0 Å². The predicted octanol–water partition coefficient (Wildman–Crippen LogP) is 5.75. The number of rotatable bonds is 12. The van der Waals surface area contributed by atoms with E-state index in [0.717, 1.165) is 56.9 Å². The molecule has 25 heavy (non-hydrogen) atoms. The standard InChI is InChI=1S/C21H32O4/c1-4-6-8-10-12-20(22)24-18-14-17(3)15-19(16-18)25-21(23)13-11-9-7-5-2/h14-16H,4-13H2,1-3H3. The predicted molar refractivity (Wildman–Crippen MR) is 100.0 cm³/mol. The summed E-state index contributed by atoms with van der Waals surface area (Å²) in [4.78, 5) is 23.8. The topological polar surface area (TPSA) is 52.6 Å². The number of ether oxygens (including phenoxy) is 2. The van der Waals surface area contributed by atoms with E-state index >= 15 is 0 Å². The van der Waals surface area contributed by atoms with Gasteiger partial charge < -0.3 is 9.47 Å². The summed E-state index contributed by atoms with van der Waals surface area (Å²) >= 11 is 0. The number of aryl methyl sites for hydroxylation is 1. The molecule has 1 rings (SSSR count). The Kier molecular flexibility index (Phi) is 10.6. The van der Waals surface area contributed by atoms with Crippen LogP contribution in [0.1, 0.15) is 83.6 Å². The maximum atomic E-state index is 11.9. The van der Waals surface area contributed by atoms with Crippen LogP contribution in [0.5, 0.6) is 11.5 Å². The fourth-order valence-corrected chi connectivity index (χ4v) is 2.59. The van der Waals surface area contributed by atoms with E-state index in [1.54, 1.807) is 18.2 Å². The highest BCUT2D eigenvalue weighted by atomic mass is 16.5. The summed E-state index contributed by atoms with van der Waals surface area (Å²) in [6.45, 7) is 6.16. The number of benzene rings is 1. The third-order valence-electron chi connectivity index (χ3n) is 3.96. The SMILES string of the molecule is CCCCCCC(=O)Oc1cc(C)cc(OC(=O)CCCCCC)c1. The molecule has 4 heteroatoms. The van der Waals surface area contributed by atoms with Gasteiger partial charge in [0.05, 0.1) is 0 Å². The summed E-state index contributed by atoms with van der Waals surface area (Å²) in [6.07, 6.45) is 9.16. The Labute approximate surface area is 151 Å². The number of carbonyl (C=O) groups is 2. The highest BCUT2D eigenvalue weighted by Gasteiger charge is 2.10. The molecule has 0 aromatic heterocycles. The van der Waals surface area contributed by atoms with E-state index in [1.807, 2.05) is 6.92 Å². The Morgan fingerprint density at radius 3 is 1.56 bits per heavy atom. The zero-order valence-corrected chi connectivity index (χ0v) is 15.9. The average Bonchev–Trinajstić information content (AvgIpc) is 2.55. The zero-order valence-electron chi connectivity index (χ0n) is 15.9.